The Labute approximate surface area is 331 Å². The molecule has 6 heteroatoms. The summed E-state index contributed by atoms with van der Waals surface area (Å²) in [6.07, 6.45) is 3.67. The van der Waals surface area contributed by atoms with Crippen molar-refractivity contribution in [2.75, 3.05) is 0 Å². The molecule has 56 heavy (non-hydrogen) atoms. The fourth-order valence-corrected chi connectivity index (χ4v) is 9.80. The topological polar surface area (TPSA) is 51.6 Å². The van der Waals surface area contributed by atoms with E-state index in [1.54, 1.807) is 6.20 Å². The van der Waals surface area contributed by atoms with Crippen LogP contribution in [0.3, 0.4) is 0 Å². The van der Waals surface area contributed by atoms with Gasteiger partial charge in [0.1, 0.15) is 0 Å². The Kier molecular flexibility index (Phi) is 7.83. The first-order chi connectivity index (χ1) is 27.7. The van der Waals surface area contributed by atoms with E-state index in [1.807, 2.05) is 53.1 Å². The van der Waals surface area contributed by atoms with Gasteiger partial charge < -0.3 is 0 Å². The van der Waals surface area contributed by atoms with Crippen LogP contribution in [0, 0.1) is 0 Å². The summed E-state index contributed by atoms with van der Waals surface area (Å²) in [5.74, 6) is 1.86. The van der Waals surface area contributed by atoms with Crippen LogP contribution < -0.4 is 0 Å². The number of nitrogens with zero attached hydrogens (tertiary/aromatic N) is 4. The second-order valence-electron chi connectivity index (χ2n) is 13.9. The van der Waals surface area contributed by atoms with Crippen LogP contribution >= 0.6 is 22.7 Å². The van der Waals surface area contributed by atoms with E-state index < -0.39 is 0 Å². The van der Waals surface area contributed by atoms with Crippen LogP contribution in [-0.2, 0) is 0 Å². The fraction of sp³-hybridized carbons (Fsp3) is 0. The predicted octanol–water partition coefficient (Wildman–Crippen LogP) is 14.0. The molecule has 0 fully saturated rings. The monoisotopic (exact) mass is 750 g/mol. The zero-order valence-electron chi connectivity index (χ0n) is 29.9. The predicted molar refractivity (Wildman–Crippen MR) is 236 cm³/mol. The highest BCUT2D eigenvalue weighted by Gasteiger charge is 2.17. The largest absolute Gasteiger partial charge is 0.264 e. The molecular weight excluding hydrogens is 721 g/mol. The van der Waals surface area contributed by atoms with E-state index in [0.29, 0.717) is 17.5 Å². The lowest BCUT2D eigenvalue weighted by Gasteiger charge is -2.13. The van der Waals surface area contributed by atoms with Gasteiger partial charge in [-0.2, -0.15) is 0 Å². The molecule has 4 nitrogen and oxygen atoms in total. The van der Waals surface area contributed by atoms with Crippen LogP contribution in [0.1, 0.15) is 0 Å². The van der Waals surface area contributed by atoms with Crippen molar-refractivity contribution in [3.8, 4) is 67.5 Å². The number of pyridine rings is 1. The summed E-state index contributed by atoms with van der Waals surface area (Å²) in [5.41, 5.74) is 9.35. The van der Waals surface area contributed by atoms with E-state index in [2.05, 4.69) is 151 Å². The molecule has 0 bridgehead atoms. The Morgan fingerprint density at radius 3 is 1.38 bits per heavy atom. The molecule has 0 amide bonds. The Balaban J connectivity index is 1.13. The fourth-order valence-electron chi connectivity index (χ4n) is 7.62. The van der Waals surface area contributed by atoms with Crippen LogP contribution in [0.5, 0.6) is 0 Å². The highest BCUT2D eigenvalue weighted by molar-refractivity contribution is 7.26. The van der Waals surface area contributed by atoms with Gasteiger partial charge in [0.25, 0.3) is 0 Å². The van der Waals surface area contributed by atoms with Crippen LogP contribution in [0.4, 0.5) is 0 Å². The number of fused-ring (bicyclic) bond motifs is 6. The molecule has 0 atom stereocenters. The number of aromatic nitrogens is 4. The van der Waals surface area contributed by atoms with Gasteiger partial charge in [0.2, 0.25) is 0 Å². The van der Waals surface area contributed by atoms with Crippen LogP contribution in [0.2, 0.25) is 0 Å². The van der Waals surface area contributed by atoms with Crippen molar-refractivity contribution in [2.24, 2.45) is 0 Å². The Bertz CT molecular complexity index is 3130. The van der Waals surface area contributed by atoms with E-state index in [9.17, 15) is 0 Å². The average molecular weight is 751 g/mol. The Hall–Kier alpha value is -6.86. The molecule has 0 unspecified atom stereocenters. The van der Waals surface area contributed by atoms with Gasteiger partial charge in [-0.3, -0.25) is 4.98 Å². The zero-order valence-corrected chi connectivity index (χ0v) is 31.6. The molecule has 262 valence electrons. The molecule has 4 heterocycles. The Morgan fingerprint density at radius 1 is 0.286 bits per heavy atom. The summed E-state index contributed by atoms with van der Waals surface area (Å²) in [4.78, 5) is 19.8. The number of benzene rings is 7. The van der Waals surface area contributed by atoms with Crippen molar-refractivity contribution in [1.82, 2.24) is 19.9 Å². The van der Waals surface area contributed by atoms with Gasteiger partial charge in [-0.05, 0) is 94.5 Å². The molecule has 0 saturated heterocycles. The molecule has 7 aromatic carbocycles. The quantitative estimate of drug-likeness (QED) is 0.170. The van der Waals surface area contributed by atoms with E-state index in [0.717, 1.165) is 50.1 Å². The van der Waals surface area contributed by atoms with Gasteiger partial charge in [0.15, 0.2) is 17.5 Å². The van der Waals surface area contributed by atoms with Crippen molar-refractivity contribution in [1.29, 1.82) is 0 Å². The molecule has 0 spiro atoms. The Morgan fingerprint density at radius 2 is 0.750 bits per heavy atom. The minimum absolute atomic E-state index is 0.615. The second-order valence-corrected chi connectivity index (χ2v) is 16.1. The summed E-state index contributed by atoms with van der Waals surface area (Å²) < 4.78 is 5.15. The minimum atomic E-state index is 0.615. The summed E-state index contributed by atoms with van der Waals surface area (Å²) in [7, 11) is 0. The maximum Gasteiger partial charge on any atom is 0.164 e. The van der Waals surface area contributed by atoms with Crippen molar-refractivity contribution < 1.29 is 0 Å². The molecular formula is C50H30N4S2. The first-order valence-corrected chi connectivity index (χ1v) is 20.1. The summed E-state index contributed by atoms with van der Waals surface area (Å²) in [6, 6.07) is 60.3. The lowest BCUT2D eigenvalue weighted by molar-refractivity contribution is 1.07. The third kappa shape index (κ3) is 5.84. The third-order valence-electron chi connectivity index (χ3n) is 10.4. The maximum atomic E-state index is 5.23. The van der Waals surface area contributed by atoms with E-state index in [1.165, 1.54) is 40.3 Å². The zero-order chi connectivity index (χ0) is 37.0. The minimum Gasteiger partial charge on any atom is -0.264 e. The van der Waals surface area contributed by atoms with Crippen molar-refractivity contribution in [2.45, 2.75) is 0 Å². The van der Waals surface area contributed by atoms with Gasteiger partial charge in [-0.25, -0.2) is 15.0 Å². The lowest BCUT2D eigenvalue weighted by Crippen LogP contribution is -2.00. The molecule has 11 aromatic rings. The van der Waals surface area contributed by atoms with Gasteiger partial charge >= 0.3 is 0 Å². The first-order valence-electron chi connectivity index (χ1n) is 18.5. The smallest absolute Gasteiger partial charge is 0.164 e. The first kappa shape index (κ1) is 32.6. The highest BCUT2D eigenvalue weighted by Crippen LogP contribution is 2.41. The lowest BCUT2D eigenvalue weighted by atomic mass is 9.94. The van der Waals surface area contributed by atoms with Gasteiger partial charge in [-0.1, -0.05) is 103 Å². The van der Waals surface area contributed by atoms with E-state index in [4.69, 9.17) is 15.0 Å². The third-order valence-corrected chi connectivity index (χ3v) is 12.7. The number of thiophene rings is 2. The van der Waals surface area contributed by atoms with Crippen molar-refractivity contribution in [3.63, 3.8) is 0 Å². The molecule has 0 aliphatic heterocycles. The van der Waals surface area contributed by atoms with Crippen LogP contribution in [0.25, 0.3) is 108 Å². The van der Waals surface area contributed by atoms with E-state index >= 15 is 0 Å². The summed E-state index contributed by atoms with van der Waals surface area (Å²) >= 11 is 3.67. The van der Waals surface area contributed by atoms with Crippen molar-refractivity contribution >= 4 is 63.0 Å². The highest BCUT2D eigenvalue weighted by atomic mass is 32.1. The molecule has 0 aliphatic rings. The number of rotatable bonds is 6. The number of hydrogen-bond donors (Lipinski definition) is 0. The SMILES string of the molecule is c1ccc(-c2nc(-c3cccc(-c4cccnc4)c3)nc(-c3cc(-c4ccc5sc6ccccc6c5c4)cc(-c4ccc5sc6ccccc6c5c4)c3)n2)cc1. The van der Waals surface area contributed by atoms with Gasteiger partial charge in [-0.15, -0.1) is 22.7 Å². The van der Waals surface area contributed by atoms with E-state index in [-0.39, 0.29) is 0 Å². The van der Waals surface area contributed by atoms with Crippen molar-refractivity contribution in [3.05, 3.63) is 182 Å². The molecule has 0 aliphatic carbocycles. The molecule has 11 rings (SSSR count). The standard InChI is InChI=1S/C50H30N4S2/c1-2-10-31(11-3-1)48-52-49(35-13-8-12-32(24-35)36-14-9-23-51-30-36)54-50(53-48)39-26-37(33-19-21-46-42(28-33)40-15-4-6-17-44(40)55-46)25-38(27-39)34-20-22-47-43(29-34)41-16-5-7-18-45(41)56-47/h1-30H. The second kappa shape index (κ2) is 13.5. The van der Waals surface area contributed by atoms with Gasteiger partial charge in [0, 0.05) is 75.0 Å². The summed E-state index contributed by atoms with van der Waals surface area (Å²) in [6.45, 7) is 0. The van der Waals surface area contributed by atoms with Gasteiger partial charge in [0.05, 0.1) is 0 Å². The molecule has 0 radical (unpaired) electrons. The average Bonchev–Trinajstić information content (AvgIpc) is 3.84. The number of hydrogen-bond acceptors (Lipinski definition) is 6. The van der Waals surface area contributed by atoms with Crippen LogP contribution in [0.15, 0.2) is 182 Å². The van der Waals surface area contributed by atoms with Crippen LogP contribution in [-0.4, -0.2) is 19.9 Å². The maximum absolute atomic E-state index is 5.23. The normalized spacial score (nSPS) is 11.6. The molecule has 0 saturated carbocycles. The molecule has 0 N–H and O–H groups in total. The summed E-state index contributed by atoms with van der Waals surface area (Å²) in [5, 5.41) is 5.10. The molecule has 4 aromatic heterocycles.